The van der Waals surface area contributed by atoms with Crippen LogP contribution in [0.4, 0.5) is 28.9 Å². The van der Waals surface area contributed by atoms with Gasteiger partial charge in [-0.2, -0.15) is 0 Å². The number of halogens is 4. The highest BCUT2D eigenvalue weighted by Crippen LogP contribution is 2.21. The van der Waals surface area contributed by atoms with Gasteiger partial charge in [0.15, 0.2) is 0 Å². The van der Waals surface area contributed by atoms with Gasteiger partial charge in [0, 0.05) is 11.6 Å². The second-order valence-corrected chi connectivity index (χ2v) is 4.39. The van der Waals surface area contributed by atoms with Crippen LogP contribution in [0.3, 0.4) is 0 Å². The van der Waals surface area contributed by atoms with Gasteiger partial charge in [-0.25, -0.2) is 17.6 Å². The molecule has 2 rings (SSSR count). The number of nitrogen functional groups attached to an aromatic ring is 1. The summed E-state index contributed by atoms with van der Waals surface area (Å²) in [7, 11) is 0. The van der Waals surface area contributed by atoms with Crippen molar-refractivity contribution in [3.63, 3.8) is 0 Å². The van der Waals surface area contributed by atoms with E-state index >= 15 is 0 Å². The Morgan fingerprint density at radius 1 is 0.952 bits per heavy atom. The molecule has 0 heterocycles. The van der Waals surface area contributed by atoms with Gasteiger partial charge in [0.25, 0.3) is 5.91 Å². The highest BCUT2D eigenvalue weighted by molar-refractivity contribution is 6.04. The molecule has 1 amide bonds. The molecule has 0 aliphatic heterocycles. The first-order chi connectivity index (χ1) is 9.79. The predicted molar refractivity (Wildman–Crippen MR) is 69.8 cm³/mol. The summed E-state index contributed by atoms with van der Waals surface area (Å²) in [4.78, 5) is 11.8. The van der Waals surface area contributed by atoms with E-state index in [-0.39, 0.29) is 5.56 Å². The second kappa shape index (κ2) is 5.43. The molecule has 0 bridgehead atoms. The third kappa shape index (κ3) is 2.96. The molecule has 0 aromatic heterocycles. The molecule has 3 nitrogen and oxygen atoms in total. The molecule has 0 atom stereocenters. The van der Waals surface area contributed by atoms with E-state index in [1.165, 1.54) is 6.92 Å². The number of nitrogens with two attached hydrogens (primary N) is 1. The van der Waals surface area contributed by atoms with Gasteiger partial charge in [0.05, 0.1) is 5.69 Å². The molecule has 2 aromatic rings. The summed E-state index contributed by atoms with van der Waals surface area (Å²) in [5.41, 5.74) is 3.58. The third-order valence-corrected chi connectivity index (χ3v) is 2.84. The van der Waals surface area contributed by atoms with Crippen LogP contribution in [0.2, 0.25) is 0 Å². The molecule has 0 fully saturated rings. The van der Waals surface area contributed by atoms with E-state index in [2.05, 4.69) is 0 Å². The molecule has 0 saturated heterocycles. The highest BCUT2D eigenvalue weighted by atomic mass is 19.1. The largest absolute Gasteiger partial charge is 0.394 e. The van der Waals surface area contributed by atoms with E-state index in [0.29, 0.717) is 12.1 Å². The zero-order valence-electron chi connectivity index (χ0n) is 10.8. The van der Waals surface area contributed by atoms with Gasteiger partial charge in [0.1, 0.15) is 29.0 Å². The van der Waals surface area contributed by atoms with Crippen molar-refractivity contribution in [3.05, 3.63) is 58.7 Å². The van der Waals surface area contributed by atoms with Crippen LogP contribution in [0.15, 0.2) is 24.3 Å². The van der Waals surface area contributed by atoms with Gasteiger partial charge in [-0.05, 0) is 30.7 Å². The van der Waals surface area contributed by atoms with Gasteiger partial charge >= 0.3 is 0 Å². The number of anilines is 2. The molecular weight excluding hydrogens is 288 g/mol. The summed E-state index contributed by atoms with van der Waals surface area (Å²) in [6.45, 7) is 1.36. The quantitative estimate of drug-likeness (QED) is 0.659. The molecular formula is C14H10F4N2O. The van der Waals surface area contributed by atoms with Crippen LogP contribution in [0.25, 0.3) is 0 Å². The average molecular weight is 298 g/mol. The topological polar surface area (TPSA) is 55.1 Å². The fourth-order valence-electron chi connectivity index (χ4n) is 1.65. The van der Waals surface area contributed by atoms with E-state index in [1.54, 1.807) is 0 Å². The van der Waals surface area contributed by atoms with Gasteiger partial charge in [-0.1, -0.05) is 0 Å². The number of rotatable bonds is 2. The monoisotopic (exact) mass is 298 g/mol. The molecule has 0 aliphatic rings. The Morgan fingerprint density at radius 3 is 2.10 bits per heavy atom. The number of aryl methyl sites for hydroxylation is 1. The summed E-state index contributed by atoms with van der Waals surface area (Å²) in [5.74, 6) is -4.80. The van der Waals surface area contributed by atoms with Crippen molar-refractivity contribution >= 4 is 17.3 Å². The zero-order chi connectivity index (χ0) is 15.7. The van der Waals surface area contributed by atoms with Crippen LogP contribution in [-0.2, 0) is 0 Å². The molecule has 0 unspecified atom stereocenters. The van der Waals surface area contributed by atoms with Crippen molar-refractivity contribution in [2.75, 3.05) is 11.1 Å². The summed E-state index contributed by atoms with van der Waals surface area (Å²) in [6.07, 6.45) is 0. The standard InChI is InChI=1S/C14H10F4N2O/c1-6-2-9(16)12(5-8(6)15)20-14(21)7-3-10(17)13(19)11(18)4-7/h2-5H,19H2,1H3,(H,20,21). The predicted octanol–water partition coefficient (Wildman–Crippen LogP) is 3.39. The van der Waals surface area contributed by atoms with Crippen LogP contribution in [-0.4, -0.2) is 5.91 Å². The van der Waals surface area contributed by atoms with Crippen molar-refractivity contribution < 1.29 is 22.4 Å². The van der Waals surface area contributed by atoms with E-state index in [0.717, 1.165) is 12.1 Å². The van der Waals surface area contributed by atoms with Crippen molar-refractivity contribution in [3.8, 4) is 0 Å². The SMILES string of the molecule is Cc1cc(F)c(NC(=O)c2cc(F)c(N)c(F)c2)cc1F. The van der Waals surface area contributed by atoms with E-state index in [4.69, 9.17) is 5.73 Å². The van der Waals surface area contributed by atoms with Crippen molar-refractivity contribution in [1.29, 1.82) is 0 Å². The maximum absolute atomic E-state index is 13.6. The number of hydrogen-bond acceptors (Lipinski definition) is 2. The van der Waals surface area contributed by atoms with Crippen LogP contribution in [0.5, 0.6) is 0 Å². The molecule has 0 aliphatic carbocycles. The lowest BCUT2D eigenvalue weighted by Crippen LogP contribution is -2.14. The molecule has 2 aromatic carbocycles. The number of hydrogen-bond donors (Lipinski definition) is 2. The molecule has 3 N–H and O–H groups in total. The summed E-state index contributed by atoms with van der Waals surface area (Å²) < 4.78 is 53.4. The number of nitrogens with one attached hydrogen (secondary N) is 1. The molecule has 7 heteroatoms. The van der Waals surface area contributed by atoms with Crippen molar-refractivity contribution in [2.24, 2.45) is 0 Å². The lowest BCUT2D eigenvalue weighted by Gasteiger charge is -2.09. The number of amides is 1. The van der Waals surface area contributed by atoms with Crippen molar-refractivity contribution in [1.82, 2.24) is 0 Å². The molecule has 21 heavy (non-hydrogen) atoms. The first-order valence-corrected chi connectivity index (χ1v) is 5.81. The van der Waals surface area contributed by atoms with Crippen molar-refractivity contribution in [2.45, 2.75) is 6.92 Å². The third-order valence-electron chi connectivity index (χ3n) is 2.84. The van der Waals surface area contributed by atoms with Crippen LogP contribution in [0, 0.1) is 30.2 Å². The lowest BCUT2D eigenvalue weighted by molar-refractivity contribution is 0.102. The minimum absolute atomic E-state index is 0.0649. The Morgan fingerprint density at radius 2 is 1.52 bits per heavy atom. The van der Waals surface area contributed by atoms with E-state index < -0.39 is 46.1 Å². The van der Waals surface area contributed by atoms with Crippen LogP contribution >= 0.6 is 0 Å². The fraction of sp³-hybridized carbons (Fsp3) is 0.0714. The Labute approximate surface area is 117 Å². The average Bonchev–Trinajstić information content (AvgIpc) is 2.41. The maximum Gasteiger partial charge on any atom is 0.255 e. The minimum Gasteiger partial charge on any atom is -0.394 e. The number of carbonyl (C=O) groups excluding carboxylic acids is 1. The maximum atomic E-state index is 13.6. The number of benzene rings is 2. The van der Waals surface area contributed by atoms with Crippen LogP contribution in [0.1, 0.15) is 15.9 Å². The molecule has 0 radical (unpaired) electrons. The lowest BCUT2D eigenvalue weighted by atomic mass is 10.1. The van der Waals surface area contributed by atoms with Gasteiger partial charge in [-0.15, -0.1) is 0 Å². The Bertz CT molecular complexity index is 708. The summed E-state index contributed by atoms with van der Waals surface area (Å²) >= 11 is 0. The number of carbonyl (C=O) groups is 1. The molecule has 0 spiro atoms. The Balaban J connectivity index is 2.32. The molecule has 110 valence electrons. The smallest absolute Gasteiger partial charge is 0.255 e. The minimum atomic E-state index is -1.12. The summed E-state index contributed by atoms with van der Waals surface area (Å²) in [6, 6.07) is 3.09. The zero-order valence-corrected chi connectivity index (χ0v) is 10.8. The Kier molecular flexibility index (Phi) is 3.84. The first kappa shape index (κ1) is 14.8. The van der Waals surface area contributed by atoms with Gasteiger partial charge < -0.3 is 11.1 Å². The Hall–Kier alpha value is -2.57. The highest BCUT2D eigenvalue weighted by Gasteiger charge is 2.15. The fourth-order valence-corrected chi connectivity index (χ4v) is 1.65. The normalized spacial score (nSPS) is 10.5. The van der Waals surface area contributed by atoms with Crippen LogP contribution < -0.4 is 11.1 Å². The summed E-state index contributed by atoms with van der Waals surface area (Å²) in [5, 5.41) is 2.04. The molecule has 0 saturated carbocycles. The van der Waals surface area contributed by atoms with E-state index in [1.807, 2.05) is 5.32 Å². The van der Waals surface area contributed by atoms with Gasteiger partial charge in [-0.3, -0.25) is 4.79 Å². The first-order valence-electron chi connectivity index (χ1n) is 5.81. The second-order valence-electron chi connectivity index (χ2n) is 4.39. The van der Waals surface area contributed by atoms with E-state index in [9.17, 15) is 22.4 Å². The van der Waals surface area contributed by atoms with Gasteiger partial charge in [0.2, 0.25) is 0 Å².